The molecule has 0 aromatic rings. The van der Waals surface area contributed by atoms with Gasteiger partial charge in [0.1, 0.15) is 0 Å². The van der Waals surface area contributed by atoms with Crippen molar-refractivity contribution in [1.29, 1.82) is 5.26 Å². The Hall–Kier alpha value is -0.730. The molecule has 0 atom stereocenters. The first-order valence-electron chi connectivity index (χ1n) is 4.35. The van der Waals surface area contributed by atoms with E-state index >= 15 is 0 Å². The molecule has 0 spiro atoms. The average molecular weight is 214 g/mol. The lowest BCUT2D eigenvalue weighted by Crippen LogP contribution is -2.41. The summed E-state index contributed by atoms with van der Waals surface area (Å²) in [5.41, 5.74) is 0.0120. The van der Waals surface area contributed by atoms with Gasteiger partial charge < -0.3 is 4.90 Å². The quantitative estimate of drug-likeness (QED) is 0.331. The molecule has 1 N–H and O–H groups in total. The normalized spacial score (nSPS) is 12.8. The summed E-state index contributed by atoms with van der Waals surface area (Å²) in [6, 6.07) is 0. The van der Waals surface area contributed by atoms with E-state index in [1.165, 1.54) is 11.8 Å². The number of likely N-dealkylation sites (N-methyl/N-ethyl adjacent to an activating group) is 1. The van der Waals surface area contributed by atoms with Crippen LogP contribution in [0.15, 0.2) is 4.99 Å². The Morgan fingerprint density at radius 2 is 2.14 bits per heavy atom. The Kier molecular flexibility index (Phi) is 5.58. The Morgan fingerprint density at radius 3 is 2.50 bits per heavy atom. The molecule has 80 valence electrons. The lowest BCUT2D eigenvalue weighted by molar-refractivity contribution is 0.205. The second-order valence-electron chi connectivity index (χ2n) is 3.77. The third-order valence-electron chi connectivity index (χ3n) is 2.18. The van der Waals surface area contributed by atoms with Gasteiger partial charge in [0.05, 0.1) is 6.54 Å². The van der Waals surface area contributed by atoms with Crippen molar-refractivity contribution >= 4 is 16.9 Å². The number of hydrogen-bond donors (Lipinski definition) is 1. The van der Waals surface area contributed by atoms with E-state index in [1.807, 2.05) is 26.5 Å². The first-order valence-corrected chi connectivity index (χ1v) is 5.57. The van der Waals surface area contributed by atoms with Gasteiger partial charge in [0.25, 0.3) is 0 Å². The molecule has 0 amide bonds. The van der Waals surface area contributed by atoms with Gasteiger partial charge in [-0.25, -0.2) is 0 Å². The number of nitrogens with one attached hydrogen (secondary N) is 1. The Bertz CT molecular complexity index is 240. The average Bonchev–Trinajstić information content (AvgIpc) is 2.12. The summed E-state index contributed by atoms with van der Waals surface area (Å²) in [6.45, 7) is 4.90. The number of amidine groups is 1. The monoisotopic (exact) mass is 214 g/mol. The number of rotatable bonds is 3. The Balaban J connectivity index is 4.32. The highest BCUT2D eigenvalue weighted by molar-refractivity contribution is 8.13. The van der Waals surface area contributed by atoms with Crippen LogP contribution >= 0.6 is 11.8 Å². The zero-order valence-corrected chi connectivity index (χ0v) is 10.3. The molecule has 0 aliphatic carbocycles. The molecular formula is C9H18N4S. The van der Waals surface area contributed by atoms with Crippen molar-refractivity contribution in [2.45, 2.75) is 19.4 Å². The van der Waals surface area contributed by atoms with Gasteiger partial charge in [-0.3, -0.25) is 10.3 Å². The minimum atomic E-state index is 0.0120. The standard InChI is InChI=1S/C9H18N4S/c1-9(2,13(3)4)6-11-8(14-5)12-7-10/h6H2,1-5H3,(H,11,12). The lowest BCUT2D eigenvalue weighted by atomic mass is 10.1. The van der Waals surface area contributed by atoms with E-state index in [9.17, 15) is 0 Å². The molecular weight excluding hydrogens is 196 g/mol. The van der Waals surface area contributed by atoms with Crippen LogP contribution in [0.5, 0.6) is 0 Å². The number of aliphatic imine (C=N–C) groups is 1. The van der Waals surface area contributed by atoms with Gasteiger partial charge in [-0.2, -0.15) is 5.26 Å². The third-order valence-corrected chi connectivity index (χ3v) is 2.79. The first kappa shape index (κ1) is 13.3. The van der Waals surface area contributed by atoms with E-state index < -0.39 is 0 Å². The van der Waals surface area contributed by atoms with Crippen molar-refractivity contribution in [2.24, 2.45) is 4.99 Å². The molecule has 0 aromatic heterocycles. The van der Waals surface area contributed by atoms with Crippen LogP contribution in [0.4, 0.5) is 0 Å². The predicted octanol–water partition coefficient (Wildman–Crippen LogP) is 1.12. The zero-order valence-electron chi connectivity index (χ0n) is 9.46. The van der Waals surface area contributed by atoms with Gasteiger partial charge in [-0.15, -0.1) is 0 Å². The maximum atomic E-state index is 8.44. The summed E-state index contributed by atoms with van der Waals surface area (Å²) in [5, 5.41) is 11.7. The highest BCUT2D eigenvalue weighted by atomic mass is 32.2. The highest BCUT2D eigenvalue weighted by Crippen LogP contribution is 2.10. The van der Waals surface area contributed by atoms with Gasteiger partial charge in [-0.1, -0.05) is 11.8 Å². The molecule has 5 heteroatoms. The SMILES string of the molecule is CSC(=NCC(C)(C)N(C)C)NC#N. The van der Waals surface area contributed by atoms with E-state index in [4.69, 9.17) is 5.26 Å². The molecule has 0 bridgehead atoms. The lowest BCUT2D eigenvalue weighted by Gasteiger charge is -2.30. The van der Waals surface area contributed by atoms with Crippen LogP contribution in [0.1, 0.15) is 13.8 Å². The molecule has 0 heterocycles. The minimum Gasteiger partial charge on any atom is -0.302 e. The molecule has 0 aromatic carbocycles. The first-order chi connectivity index (χ1) is 6.44. The van der Waals surface area contributed by atoms with Crippen molar-refractivity contribution in [3.63, 3.8) is 0 Å². The molecule has 14 heavy (non-hydrogen) atoms. The molecule has 0 unspecified atom stereocenters. The Labute approximate surface area is 90.4 Å². The largest absolute Gasteiger partial charge is 0.302 e. The van der Waals surface area contributed by atoms with E-state index in [-0.39, 0.29) is 5.54 Å². The second kappa shape index (κ2) is 5.89. The summed E-state index contributed by atoms with van der Waals surface area (Å²) < 4.78 is 0. The Morgan fingerprint density at radius 1 is 1.57 bits per heavy atom. The predicted molar refractivity (Wildman–Crippen MR) is 62.3 cm³/mol. The smallest absolute Gasteiger partial charge is 0.183 e. The fourth-order valence-corrected chi connectivity index (χ4v) is 0.951. The molecule has 0 saturated carbocycles. The molecule has 4 nitrogen and oxygen atoms in total. The summed E-state index contributed by atoms with van der Waals surface area (Å²) in [5.74, 6) is 0. The van der Waals surface area contributed by atoms with Crippen LogP contribution in [0.3, 0.4) is 0 Å². The van der Waals surface area contributed by atoms with Crippen molar-refractivity contribution in [2.75, 3.05) is 26.9 Å². The topological polar surface area (TPSA) is 51.4 Å². The van der Waals surface area contributed by atoms with Gasteiger partial charge in [0.15, 0.2) is 11.4 Å². The zero-order chi connectivity index (χ0) is 11.2. The molecule has 0 rings (SSSR count). The van der Waals surface area contributed by atoms with Crippen LogP contribution in [-0.2, 0) is 0 Å². The fourth-order valence-electron chi connectivity index (χ4n) is 0.610. The molecule has 0 aliphatic heterocycles. The number of nitrogens with zero attached hydrogens (tertiary/aromatic N) is 3. The van der Waals surface area contributed by atoms with Gasteiger partial charge in [-0.05, 0) is 34.2 Å². The number of nitriles is 1. The van der Waals surface area contributed by atoms with E-state index in [1.54, 1.807) is 0 Å². The molecule has 0 saturated heterocycles. The van der Waals surface area contributed by atoms with Crippen molar-refractivity contribution in [1.82, 2.24) is 10.2 Å². The maximum Gasteiger partial charge on any atom is 0.183 e. The van der Waals surface area contributed by atoms with Crippen LogP contribution in [-0.4, -0.2) is 42.5 Å². The van der Waals surface area contributed by atoms with Crippen molar-refractivity contribution in [3.8, 4) is 6.19 Å². The van der Waals surface area contributed by atoms with E-state index in [2.05, 4.69) is 29.1 Å². The van der Waals surface area contributed by atoms with E-state index in [0.29, 0.717) is 11.7 Å². The third kappa shape index (κ3) is 4.49. The molecule has 0 radical (unpaired) electrons. The molecule has 0 fully saturated rings. The highest BCUT2D eigenvalue weighted by Gasteiger charge is 2.19. The summed E-state index contributed by atoms with van der Waals surface area (Å²) >= 11 is 1.44. The summed E-state index contributed by atoms with van der Waals surface area (Å²) in [6.07, 6.45) is 3.76. The number of thioether (sulfide) groups is 1. The van der Waals surface area contributed by atoms with Crippen molar-refractivity contribution < 1.29 is 0 Å². The van der Waals surface area contributed by atoms with Crippen molar-refractivity contribution in [3.05, 3.63) is 0 Å². The van der Waals surface area contributed by atoms with Gasteiger partial charge in [0, 0.05) is 5.54 Å². The van der Waals surface area contributed by atoms with Gasteiger partial charge >= 0.3 is 0 Å². The maximum absolute atomic E-state index is 8.44. The summed E-state index contributed by atoms with van der Waals surface area (Å²) in [7, 11) is 4.04. The van der Waals surface area contributed by atoms with Crippen LogP contribution in [0.25, 0.3) is 0 Å². The number of hydrogen-bond acceptors (Lipinski definition) is 4. The van der Waals surface area contributed by atoms with Crippen LogP contribution in [0, 0.1) is 11.5 Å². The molecule has 0 aliphatic rings. The van der Waals surface area contributed by atoms with Gasteiger partial charge in [0.2, 0.25) is 0 Å². The van der Waals surface area contributed by atoms with E-state index in [0.717, 1.165) is 0 Å². The summed E-state index contributed by atoms with van der Waals surface area (Å²) in [4.78, 5) is 6.44. The van der Waals surface area contributed by atoms with Crippen LogP contribution < -0.4 is 5.32 Å². The second-order valence-corrected chi connectivity index (χ2v) is 4.56. The fraction of sp³-hybridized carbons (Fsp3) is 0.778. The van der Waals surface area contributed by atoms with Crippen LogP contribution in [0.2, 0.25) is 0 Å². The minimum absolute atomic E-state index is 0.0120.